The fourth-order valence-corrected chi connectivity index (χ4v) is 2.83. The van der Waals surface area contributed by atoms with Crippen LogP contribution < -0.4 is 5.32 Å². The Balaban J connectivity index is 1.53. The molecular weight excluding hydrogens is 342 g/mol. The lowest BCUT2D eigenvalue weighted by Crippen LogP contribution is -2.41. The van der Waals surface area contributed by atoms with E-state index in [1.165, 1.54) is 12.1 Å². The number of phenols is 1. The highest BCUT2D eigenvalue weighted by atomic mass is 16.3. The van der Waals surface area contributed by atoms with Crippen molar-refractivity contribution in [2.24, 2.45) is 0 Å². The molecule has 1 fully saturated rings. The minimum absolute atomic E-state index is 0.0380. The fraction of sp³-hybridized carbons (Fsp3) is 0.286. The maximum atomic E-state index is 12.6. The van der Waals surface area contributed by atoms with Gasteiger partial charge in [-0.15, -0.1) is 0 Å². The predicted molar refractivity (Wildman–Crippen MR) is 99.5 cm³/mol. The Kier molecular flexibility index (Phi) is 5.72. The lowest BCUT2D eigenvalue weighted by atomic mass is 10.1. The Morgan fingerprint density at radius 2 is 1.70 bits per heavy atom. The summed E-state index contributed by atoms with van der Waals surface area (Å²) in [5.74, 6) is -0.193. The normalized spacial score (nSPS) is 12.9. The number of carbonyl (C=O) groups excluding carboxylic acids is 2. The van der Waals surface area contributed by atoms with Crippen molar-refractivity contribution in [1.29, 1.82) is 5.26 Å². The van der Waals surface area contributed by atoms with Gasteiger partial charge in [0.05, 0.1) is 24.6 Å². The molecule has 138 valence electrons. The molecule has 0 atom stereocenters. The van der Waals surface area contributed by atoms with Crippen molar-refractivity contribution in [3.05, 3.63) is 65.2 Å². The van der Waals surface area contributed by atoms with E-state index in [0.29, 0.717) is 12.1 Å². The number of nitrogens with zero attached hydrogens (tertiary/aromatic N) is 2. The zero-order valence-corrected chi connectivity index (χ0v) is 14.9. The van der Waals surface area contributed by atoms with Gasteiger partial charge >= 0.3 is 0 Å². The minimum Gasteiger partial charge on any atom is -0.508 e. The van der Waals surface area contributed by atoms with Crippen LogP contribution in [0, 0.1) is 11.3 Å². The van der Waals surface area contributed by atoms with E-state index in [1.807, 2.05) is 12.1 Å². The third-order valence-corrected chi connectivity index (χ3v) is 4.48. The molecule has 0 radical (unpaired) electrons. The second-order valence-electron chi connectivity index (χ2n) is 6.68. The number of hydrogen-bond donors (Lipinski definition) is 2. The number of aromatic hydroxyl groups is 1. The standard InChI is InChI=1S/C21H21N3O3/c22-12-16-1-3-17(4-2-16)14-24(18-7-8-18)21(27)13-23-20(26)11-15-5-9-19(25)10-6-15/h1-6,9-10,18,25H,7-8,11,13-14H2,(H,23,26). The van der Waals surface area contributed by atoms with Crippen LogP contribution in [0.4, 0.5) is 0 Å². The third kappa shape index (κ3) is 5.32. The van der Waals surface area contributed by atoms with Gasteiger partial charge in [-0.2, -0.15) is 5.26 Å². The van der Waals surface area contributed by atoms with E-state index in [-0.39, 0.29) is 36.6 Å². The van der Waals surface area contributed by atoms with Crippen molar-refractivity contribution in [3.8, 4) is 11.8 Å². The monoisotopic (exact) mass is 363 g/mol. The molecule has 0 unspecified atom stereocenters. The second-order valence-corrected chi connectivity index (χ2v) is 6.68. The molecule has 1 saturated carbocycles. The van der Waals surface area contributed by atoms with Crippen LogP contribution in [0.2, 0.25) is 0 Å². The van der Waals surface area contributed by atoms with Crippen molar-refractivity contribution in [3.63, 3.8) is 0 Å². The maximum Gasteiger partial charge on any atom is 0.242 e. The Bertz CT molecular complexity index is 850. The lowest BCUT2D eigenvalue weighted by Gasteiger charge is -2.23. The van der Waals surface area contributed by atoms with Crippen molar-refractivity contribution >= 4 is 11.8 Å². The summed E-state index contributed by atoms with van der Waals surface area (Å²) in [6.45, 7) is 0.437. The summed E-state index contributed by atoms with van der Waals surface area (Å²) in [4.78, 5) is 26.4. The van der Waals surface area contributed by atoms with Gasteiger partial charge in [0.25, 0.3) is 0 Å². The number of benzene rings is 2. The number of nitrogens with one attached hydrogen (secondary N) is 1. The highest BCUT2D eigenvalue weighted by Gasteiger charge is 2.32. The van der Waals surface area contributed by atoms with Crippen LogP contribution in [0.3, 0.4) is 0 Å². The number of phenolic OH excluding ortho intramolecular Hbond substituents is 1. The molecule has 0 bridgehead atoms. The molecule has 2 aromatic carbocycles. The van der Waals surface area contributed by atoms with Crippen LogP contribution in [0.5, 0.6) is 5.75 Å². The summed E-state index contributed by atoms with van der Waals surface area (Å²) in [7, 11) is 0. The van der Waals surface area contributed by atoms with Crippen LogP contribution >= 0.6 is 0 Å². The number of nitriles is 1. The highest BCUT2D eigenvalue weighted by molar-refractivity contribution is 5.86. The van der Waals surface area contributed by atoms with Gasteiger partial charge in [-0.05, 0) is 48.2 Å². The van der Waals surface area contributed by atoms with E-state index >= 15 is 0 Å². The van der Waals surface area contributed by atoms with Crippen LogP contribution in [0.25, 0.3) is 0 Å². The van der Waals surface area contributed by atoms with E-state index in [2.05, 4.69) is 11.4 Å². The van der Waals surface area contributed by atoms with Gasteiger partial charge in [-0.3, -0.25) is 9.59 Å². The largest absolute Gasteiger partial charge is 0.508 e. The summed E-state index contributed by atoms with van der Waals surface area (Å²) in [5.41, 5.74) is 2.32. The molecule has 6 nitrogen and oxygen atoms in total. The van der Waals surface area contributed by atoms with Crippen LogP contribution in [-0.4, -0.2) is 34.4 Å². The molecule has 1 aliphatic carbocycles. The first-order valence-electron chi connectivity index (χ1n) is 8.88. The number of rotatable bonds is 7. The van der Waals surface area contributed by atoms with Crippen molar-refractivity contribution in [2.45, 2.75) is 31.8 Å². The summed E-state index contributed by atoms with van der Waals surface area (Å²) >= 11 is 0. The predicted octanol–water partition coefficient (Wildman–Crippen LogP) is 2.11. The first-order chi connectivity index (χ1) is 13.0. The topological polar surface area (TPSA) is 93.4 Å². The van der Waals surface area contributed by atoms with Gasteiger partial charge in [0.1, 0.15) is 5.75 Å². The van der Waals surface area contributed by atoms with E-state index in [1.54, 1.807) is 29.2 Å². The van der Waals surface area contributed by atoms with Crippen molar-refractivity contribution < 1.29 is 14.7 Å². The van der Waals surface area contributed by atoms with Gasteiger partial charge in [-0.1, -0.05) is 24.3 Å². The molecule has 3 rings (SSSR count). The Morgan fingerprint density at radius 1 is 1.07 bits per heavy atom. The molecule has 6 heteroatoms. The Labute approximate surface area is 158 Å². The average Bonchev–Trinajstić information content (AvgIpc) is 3.51. The number of carbonyl (C=O) groups is 2. The first kappa shape index (κ1) is 18.5. The molecule has 0 heterocycles. The van der Waals surface area contributed by atoms with E-state index in [0.717, 1.165) is 24.0 Å². The SMILES string of the molecule is N#Cc1ccc(CN(C(=O)CNC(=O)Cc2ccc(O)cc2)C2CC2)cc1. The summed E-state index contributed by atoms with van der Waals surface area (Å²) in [6, 6.07) is 15.9. The molecule has 2 amide bonds. The molecule has 0 spiro atoms. The van der Waals surface area contributed by atoms with Gasteiger partial charge in [-0.25, -0.2) is 0 Å². The molecule has 2 N–H and O–H groups in total. The molecule has 0 saturated heterocycles. The second kappa shape index (κ2) is 8.37. The fourth-order valence-electron chi connectivity index (χ4n) is 2.83. The zero-order valence-electron chi connectivity index (χ0n) is 14.9. The first-order valence-corrected chi connectivity index (χ1v) is 8.88. The maximum absolute atomic E-state index is 12.6. The molecule has 2 aromatic rings. The van der Waals surface area contributed by atoms with Gasteiger partial charge < -0.3 is 15.3 Å². The molecule has 0 aliphatic heterocycles. The highest BCUT2D eigenvalue weighted by Crippen LogP contribution is 2.28. The van der Waals surface area contributed by atoms with Crippen LogP contribution in [0.15, 0.2) is 48.5 Å². The average molecular weight is 363 g/mol. The quantitative estimate of drug-likeness (QED) is 0.788. The number of hydrogen-bond acceptors (Lipinski definition) is 4. The number of amides is 2. The van der Waals surface area contributed by atoms with Gasteiger partial charge in [0.15, 0.2) is 0 Å². The molecule has 1 aliphatic rings. The summed E-state index contributed by atoms with van der Waals surface area (Å²) in [6.07, 6.45) is 2.11. The van der Waals surface area contributed by atoms with Gasteiger partial charge in [0.2, 0.25) is 11.8 Å². The van der Waals surface area contributed by atoms with Crippen molar-refractivity contribution in [2.75, 3.05) is 6.54 Å². The summed E-state index contributed by atoms with van der Waals surface area (Å²) in [5, 5.41) is 20.8. The van der Waals surface area contributed by atoms with Crippen LogP contribution in [-0.2, 0) is 22.6 Å². The summed E-state index contributed by atoms with van der Waals surface area (Å²) < 4.78 is 0. The molecular formula is C21H21N3O3. The Hall–Kier alpha value is -3.33. The lowest BCUT2D eigenvalue weighted by molar-refractivity contribution is -0.133. The molecule has 0 aromatic heterocycles. The van der Waals surface area contributed by atoms with E-state index < -0.39 is 0 Å². The minimum atomic E-state index is -0.233. The molecule has 27 heavy (non-hydrogen) atoms. The van der Waals surface area contributed by atoms with Gasteiger partial charge in [0, 0.05) is 12.6 Å². The van der Waals surface area contributed by atoms with Crippen LogP contribution in [0.1, 0.15) is 29.5 Å². The van der Waals surface area contributed by atoms with E-state index in [4.69, 9.17) is 5.26 Å². The Morgan fingerprint density at radius 3 is 2.30 bits per heavy atom. The smallest absolute Gasteiger partial charge is 0.242 e. The van der Waals surface area contributed by atoms with E-state index in [9.17, 15) is 14.7 Å². The van der Waals surface area contributed by atoms with Crippen molar-refractivity contribution in [1.82, 2.24) is 10.2 Å². The zero-order chi connectivity index (χ0) is 19.2. The third-order valence-electron chi connectivity index (χ3n) is 4.48.